The van der Waals surface area contributed by atoms with Gasteiger partial charge in [0.2, 0.25) is 0 Å². The maximum absolute atomic E-state index is 11.9. The molecule has 0 bridgehead atoms. The molecule has 4 rings (SSSR count). The lowest BCUT2D eigenvalue weighted by atomic mass is 10.1. The molecule has 28 heavy (non-hydrogen) atoms. The SMILES string of the molecule is O=C(NCCc1c[nH]c2cc(OCc3ccccc3)ccc12)Nc1cccs1. The van der Waals surface area contributed by atoms with Crippen molar-refractivity contribution in [2.75, 3.05) is 11.9 Å². The van der Waals surface area contributed by atoms with Crippen molar-refractivity contribution in [1.82, 2.24) is 10.3 Å². The van der Waals surface area contributed by atoms with E-state index in [9.17, 15) is 4.79 Å². The highest BCUT2D eigenvalue weighted by atomic mass is 32.1. The van der Waals surface area contributed by atoms with Crippen molar-refractivity contribution in [3.05, 3.63) is 83.4 Å². The number of ether oxygens (including phenoxy) is 1. The van der Waals surface area contributed by atoms with E-state index in [0.717, 1.165) is 33.6 Å². The van der Waals surface area contributed by atoms with Crippen molar-refractivity contribution in [3.63, 3.8) is 0 Å². The Morgan fingerprint density at radius 1 is 1.07 bits per heavy atom. The summed E-state index contributed by atoms with van der Waals surface area (Å²) in [5.41, 5.74) is 3.34. The molecule has 0 aliphatic rings. The molecule has 2 aromatic heterocycles. The van der Waals surface area contributed by atoms with Crippen LogP contribution in [-0.2, 0) is 13.0 Å². The average Bonchev–Trinajstić information content (AvgIpc) is 3.37. The largest absolute Gasteiger partial charge is 0.489 e. The van der Waals surface area contributed by atoms with Gasteiger partial charge in [-0.2, -0.15) is 0 Å². The van der Waals surface area contributed by atoms with Gasteiger partial charge in [0.1, 0.15) is 12.4 Å². The zero-order valence-corrected chi connectivity index (χ0v) is 16.1. The summed E-state index contributed by atoms with van der Waals surface area (Å²) in [6.07, 6.45) is 2.74. The second kappa shape index (κ2) is 8.63. The van der Waals surface area contributed by atoms with Crippen molar-refractivity contribution in [3.8, 4) is 5.75 Å². The Labute approximate surface area is 167 Å². The van der Waals surface area contributed by atoms with E-state index < -0.39 is 0 Å². The first-order valence-corrected chi connectivity index (χ1v) is 10.0. The Bertz CT molecular complexity index is 1040. The normalized spacial score (nSPS) is 10.7. The molecule has 0 saturated heterocycles. The van der Waals surface area contributed by atoms with E-state index in [0.29, 0.717) is 13.2 Å². The number of hydrogen-bond donors (Lipinski definition) is 3. The maximum Gasteiger partial charge on any atom is 0.319 e. The number of urea groups is 1. The van der Waals surface area contributed by atoms with Crippen molar-refractivity contribution in [2.45, 2.75) is 13.0 Å². The van der Waals surface area contributed by atoms with E-state index in [1.165, 1.54) is 16.9 Å². The van der Waals surface area contributed by atoms with Gasteiger partial charge in [0.25, 0.3) is 0 Å². The van der Waals surface area contributed by atoms with Gasteiger partial charge in [-0.25, -0.2) is 4.79 Å². The number of carbonyl (C=O) groups excluding carboxylic acids is 1. The van der Waals surface area contributed by atoms with E-state index in [1.807, 2.05) is 66.2 Å². The first kappa shape index (κ1) is 18.1. The fourth-order valence-electron chi connectivity index (χ4n) is 3.02. The molecule has 0 saturated carbocycles. The number of nitrogens with one attached hydrogen (secondary N) is 3. The lowest BCUT2D eigenvalue weighted by Crippen LogP contribution is -2.30. The first-order chi connectivity index (χ1) is 13.8. The number of H-pyrrole nitrogens is 1. The van der Waals surface area contributed by atoms with Crippen LogP contribution in [0.2, 0.25) is 0 Å². The number of benzene rings is 2. The molecule has 2 aromatic carbocycles. The zero-order valence-electron chi connectivity index (χ0n) is 15.3. The number of fused-ring (bicyclic) bond motifs is 1. The van der Waals surface area contributed by atoms with Crippen LogP contribution in [0.15, 0.2) is 72.2 Å². The highest BCUT2D eigenvalue weighted by Gasteiger charge is 2.07. The van der Waals surface area contributed by atoms with Crippen molar-refractivity contribution in [2.24, 2.45) is 0 Å². The van der Waals surface area contributed by atoms with Crippen molar-refractivity contribution in [1.29, 1.82) is 0 Å². The molecule has 3 N–H and O–H groups in total. The maximum atomic E-state index is 11.9. The minimum absolute atomic E-state index is 0.182. The van der Waals surface area contributed by atoms with Gasteiger partial charge in [-0.3, -0.25) is 5.32 Å². The van der Waals surface area contributed by atoms with Crippen molar-refractivity contribution < 1.29 is 9.53 Å². The molecule has 0 unspecified atom stereocenters. The number of thiophene rings is 1. The number of hydrogen-bond acceptors (Lipinski definition) is 3. The summed E-state index contributed by atoms with van der Waals surface area (Å²) in [6, 6.07) is 19.8. The summed E-state index contributed by atoms with van der Waals surface area (Å²) in [7, 11) is 0. The summed E-state index contributed by atoms with van der Waals surface area (Å²) in [5.74, 6) is 0.832. The van der Waals surface area contributed by atoms with E-state index >= 15 is 0 Å². The minimum atomic E-state index is -0.182. The van der Waals surface area contributed by atoms with Crippen LogP contribution in [0.25, 0.3) is 10.9 Å². The minimum Gasteiger partial charge on any atom is -0.489 e. The average molecular weight is 391 g/mol. The number of amides is 2. The van der Waals surface area contributed by atoms with Crippen LogP contribution in [0.5, 0.6) is 5.75 Å². The molecular formula is C22H21N3O2S. The highest BCUT2D eigenvalue weighted by Crippen LogP contribution is 2.24. The van der Waals surface area contributed by atoms with Gasteiger partial charge in [-0.05, 0) is 47.2 Å². The third-order valence-corrected chi connectivity index (χ3v) is 5.21. The molecule has 0 aliphatic carbocycles. The number of anilines is 1. The monoisotopic (exact) mass is 391 g/mol. The Balaban J connectivity index is 1.32. The van der Waals surface area contributed by atoms with Gasteiger partial charge in [0, 0.05) is 29.7 Å². The number of carbonyl (C=O) groups is 1. The molecule has 2 heterocycles. The number of aromatic amines is 1. The van der Waals surface area contributed by atoms with Crippen LogP contribution < -0.4 is 15.4 Å². The zero-order chi connectivity index (χ0) is 19.2. The summed E-state index contributed by atoms with van der Waals surface area (Å²) < 4.78 is 5.89. The predicted octanol–water partition coefficient (Wildman–Crippen LogP) is 5.17. The Morgan fingerprint density at radius 3 is 2.79 bits per heavy atom. The van der Waals surface area contributed by atoms with Crippen LogP contribution in [0, 0.1) is 0 Å². The standard InChI is InChI=1S/C22H21N3O2S/c26-22(25-21-7-4-12-28-21)23-11-10-17-14-24-20-13-18(8-9-19(17)20)27-15-16-5-2-1-3-6-16/h1-9,12-14,24H,10-11,15H2,(H2,23,25,26). The lowest BCUT2D eigenvalue weighted by molar-refractivity contribution is 0.252. The summed E-state index contributed by atoms with van der Waals surface area (Å²) in [6.45, 7) is 1.11. The molecule has 5 nitrogen and oxygen atoms in total. The highest BCUT2D eigenvalue weighted by molar-refractivity contribution is 7.14. The van der Waals surface area contributed by atoms with Gasteiger partial charge >= 0.3 is 6.03 Å². The van der Waals surface area contributed by atoms with E-state index in [1.54, 1.807) is 0 Å². The molecule has 0 atom stereocenters. The molecule has 0 fully saturated rings. The Hall–Kier alpha value is -3.25. The predicted molar refractivity (Wildman–Crippen MR) is 114 cm³/mol. The lowest BCUT2D eigenvalue weighted by Gasteiger charge is -2.07. The van der Waals surface area contributed by atoms with Gasteiger partial charge < -0.3 is 15.0 Å². The van der Waals surface area contributed by atoms with Crippen LogP contribution in [-0.4, -0.2) is 17.6 Å². The second-order valence-electron chi connectivity index (χ2n) is 6.40. The summed E-state index contributed by atoms with van der Waals surface area (Å²) >= 11 is 1.50. The first-order valence-electron chi connectivity index (χ1n) is 9.13. The molecule has 6 heteroatoms. The fourth-order valence-corrected chi connectivity index (χ4v) is 3.63. The van der Waals surface area contributed by atoms with E-state index in [2.05, 4.69) is 21.7 Å². The summed E-state index contributed by atoms with van der Waals surface area (Å²) in [5, 5.41) is 9.63. The fraction of sp³-hybridized carbons (Fsp3) is 0.136. The van der Waals surface area contributed by atoms with Crippen LogP contribution in [0.4, 0.5) is 9.80 Å². The molecule has 142 valence electrons. The third-order valence-electron chi connectivity index (χ3n) is 4.43. The van der Waals surface area contributed by atoms with E-state index in [-0.39, 0.29) is 6.03 Å². The Kier molecular flexibility index (Phi) is 5.58. The molecule has 0 radical (unpaired) electrons. The molecular weight excluding hydrogens is 370 g/mol. The smallest absolute Gasteiger partial charge is 0.319 e. The van der Waals surface area contributed by atoms with Gasteiger partial charge in [-0.15, -0.1) is 11.3 Å². The molecule has 2 amide bonds. The Morgan fingerprint density at radius 2 is 1.96 bits per heavy atom. The van der Waals surface area contributed by atoms with Crippen molar-refractivity contribution >= 4 is 33.3 Å². The van der Waals surface area contributed by atoms with Gasteiger partial charge in [-0.1, -0.05) is 30.3 Å². The summed E-state index contributed by atoms with van der Waals surface area (Å²) in [4.78, 5) is 15.2. The molecule has 4 aromatic rings. The van der Waals surface area contributed by atoms with Crippen LogP contribution >= 0.6 is 11.3 Å². The van der Waals surface area contributed by atoms with Gasteiger partial charge in [0.15, 0.2) is 0 Å². The number of aromatic nitrogens is 1. The van der Waals surface area contributed by atoms with E-state index in [4.69, 9.17) is 4.74 Å². The van der Waals surface area contributed by atoms with Gasteiger partial charge in [0.05, 0.1) is 5.00 Å². The number of rotatable bonds is 7. The van der Waals surface area contributed by atoms with Crippen LogP contribution in [0.1, 0.15) is 11.1 Å². The van der Waals surface area contributed by atoms with Crippen LogP contribution in [0.3, 0.4) is 0 Å². The third kappa shape index (κ3) is 4.53. The quantitative estimate of drug-likeness (QED) is 0.407. The second-order valence-corrected chi connectivity index (χ2v) is 7.35. The molecule has 0 aliphatic heterocycles. The molecule has 0 spiro atoms. The topological polar surface area (TPSA) is 66.2 Å².